The van der Waals surface area contributed by atoms with Crippen molar-refractivity contribution in [2.45, 2.75) is 0 Å². The largest absolute Gasteiger partial charge is 0.396 e. The Bertz CT molecular complexity index is 330. The molecule has 0 spiro atoms. The third-order valence-corrected chi connectivity index (χ3v) is 12.9. The van der Waals surface area contributed by atoms with Crippen molar-refractivity contribution < 1.29 is 19.7 Å². The predicted octanol–water partition coefficient (Wildman–Crippen LogP) is 5.43. The summed E-state index contributed by atoms with van der Waals surface area (Å²) in [5, 5.41) is 15.1. The highest BCUT2D eigenvalue weighted by molar-refractivity contribution is 8.30. The van der Waals surface area contributed by atoms with Gasteiger partial charge in [-0.2, -0.15) is 23.5 Å². The zero-order chi connectivity index (χ0) is 20.5. The van der Waals surface area contributed by atoms with Gasteiger partial charge in [-0.1, -0.05) is 11.8 Å². The standard InChI is InChI=1S/C15H30O4S9/c1-20-9-24-12-27-14-28-15(17)8-23-11-26-13-25-10-22-7-4-19-18-3-6-21-5-2-16/h16H,2-14H2,1H3. The minimum atomic E-state index is 0.214. The van der Waals surface area contributed by atoms with E-state index >= 15 is 0 Å². The SMILES string of the molecule is CSCSCSCSC(=O)CSCSCSCSCCOOCCSCCO. The van der Waals surface area contributed by atoms with E-state index < -0.39 is 0 Å². The van der Waals surface area contributed by atoms with Crippen molar-refractivity contribution in [3.8, 4) is 0 Å². The summed E-state index contributed by atoms with van der Waals surface area (Å²) < 4.78 is 0. The molecule has 4 nitrogen and oxygen atoms in total. The summed E-state index contributed by atoms with van der Waals surface area (Å²) in [6.07, 6.45) is 2.11. The van der Waals surface area contributed by atoms with Crippen LogP contribution in [0.15, 0.2) is 0 Å². The lowest BCUT2D eigenvalue weighted by atomic mass is 10.9. The van der Waals surface area contributed by atoms with E-state index in [9.17, 15) is 4.79 Å². The van der Waals surface area contributed by atoms with E-state index in [1.165, 1.54) is 11.8 Å². The number of carbonyl (C=O) groups is 1. The topological polar surface area (TPSA) is 55.8 Å². The quantitative estimate of drug-likeness (QED) is 0.0746. The highest BCUT2D eigenvalue weighted by atomic mass is 32.3. The fraction of sp³-hybridized carbons (Fsp3) is 0.933. The Morgan fingerprint density at radius 1 is 0.714 bits per heavy atom. The van der Waals surface area contributed by atoms with E-state index in [1.807, 2.05) is 70.6 Å². The van der Waals surface area contributed by atoms with Crippen LogP contribution >= 0.6 is 106 Å². The third-order valence-electron chi connectivity index (χ3n) is 2.33. The van der Waals surface area contributed by atoms with E-state index in [4.69, 9.17) is 14.9 Å². The molecule has 0 radical (unpaired) electrons. The van der Waals surface area contributed by atoms with Crippen molar-refractivity contribution in [3.05, 3.63) is 0 Å². The molecule has 0 aromatic heterocycles. The van der Waals surface area contributed by atoms with E-state index in [0.717, 1.165) is 47.8 Å². The van der Waals surface area contributed by atoms with Crippen molar-refractivity contribution in [1.29, 1.82) is 0 Å². The van der Waals surface area contributed by atoms with Gasteiger partial charge in [0.25, 0.3) is 0 Å². The molecule has 0 rings (SSSR count). The first kappa shape index (κ1) is 30.7. The molecule has 28 heavy (non-hydrogen) atoms. The molecule has 1 N–H and O–H groups in total. The Kier molecular flexibility index (Phi) is 30.4. The fourth-order valence-corrected chi connectivity index (χ4v) is 10.5. The van der Waals surface area contributed by atoms with Gasteiger partial charge in [-0.05, 0) is 6.26 Å². The number of rotatable bonds is 23. The Morgan fingerprint density at radius 3 is 1.96 bits per heavy atom. The van der Waals surface area contributed by atoms with Gasteiger partial charge in [-0.25, -0.2) is 9.78 Å². The summed E-state index contributed by atoms with van der Waals surface area (Å²) in [6.45, 7) is 1.38. The Labute approximate surface area is 208 Å². The molecule has 0 amide bonds. The number of aliphatic hydroxyl groups is 1. The molecular formula is C15H30O4S9. The van der Waals surface area contributed by atoms with Gasteiger partial charge in [0.1, 0.15) is 0 Å². The molecule has 0 unspecified atom stereocenters. The van der Waals surface area contributed by atoms with E-state index in [0.29, 0.717) is 24.1 Å². The normalized spacial score (nSPS) is 11.2. The molecule has 0 aromatic rings. The van der Waals surface area contributed by atoms with Crippen LogP contribution in [0.5, 0.6) is 0 Å². The van der Waals surface area contributed by atoms with E-state index in [1.54, 1.807) is 23.5 Å². The summed E-state index contributed by atoms with van der Waals surface area (Å²) in [4.78, 5) is 21.9. The minimum absolute atomic E-state index is 0.214. The van der Waals surface area contributed by atoms with Crippen molar-refractivity contribution in [3.63, 3.8) is 0 Å². The average molecular weight is 563 g/mol. The maximum Gasteiger partial charge on any atom is 0.199 e. The van der Waals surface area contributed by atoms with Gasteiger partial charge >= 0.3 is 0 Å². The molecule has 0 aliphatic carbocycles. The lowest BCUT2D eigenvalue weighted by Crippen LogP contribution is -2.03. The van der Waals surface area contributed by atoms with Crippen LogP contribution in [-0.4, -0.2) is 89.8 Å². The zero-order valence-corrected chi connectivity index (χ0v) is 23.4. The molecule has 0 atom stereocenters. The second-order valence-electron chi connectivity index (χ2n) is 4.57. The van der Waals surface area contributed by atoms with E-state index in [-0.39, 0.29) is 6.61 Å². The van der Waals surface area contributed by atoms with Crippen LogP contribution in [0.1, 0.15) is 0 Å². The van der Waals surface area contributed by atoms with Crippen molar-refractivity contribution in [1.82, 2.24) is 0 Å². The van der Waals surface area contributed by atoms with Crippen LogP contribution < -0.4 is 0 Å². The zero-order valence-electron chi connectivity index (χ0n) is 16.0. The van der Waals surface area contributed by atoms with Gasteiger partial charge < -0.3 is 5.11 Å². The summed E-state index contributed by atoms with van der Waals surface area (Å²) >= 11 is 16.0. The van der Waals surface area contributed by atoms with Gasteiger partial charge in [0.15, 0.2) is 5.12 Å². The summed E-state index contributed by atoms with van der Waals surface area (Å²) in [7, 11) is 0. The van der Waals surface area contributed by atoms with Gasteiger partial charge in [0.05, 0.1) is 25.6 Å². The molecule has 0 heterocycles. The molecule has 0 saturated heterocycles. The van der Waals surface area contributed by atoms with Gasteiger partial charge in [0.2, 0.25) is 0 Å². The molecule has 0 saturated carbocycles. The lowest BCUT2D eigenvalue weighted by Gasteiger charge is -2.04. The molecule has 0 aliphatic heterocycles. The number of aliphatic hydroxyl groups excluding tert-OH is 1. The van der Waals surface area contributed by atoms with Crippen molar-refractivity contribution >= 4 is 111 Å². The van der Waals surface area contributed by atoms with Crippen LogP contribution in [0.2, 0.25) is 0 Å². The van der Waals surface area contributed by atoms with E-state index in [2.05, 4.69) is 6.26 Å². The number of hydrogen-bond acceptors (Lipinski definition) is 13. The van der Waals surface area contributed by atoms with Crippen LogP contribution in [0.3, 0.4) is 0 Å². The first-order chi connectivity index (χ1) is 13.8. The molecule has 13 heteroatoms. The summed E-state index contributed by atoms with van der Waals surface area (Å²) in [5.74, 6) is 3.14. The van der Waals surface area contributed by atoms with Gasteiger partial charge in [0, 0.05) is 47.8 Å². The monoisotopic (exact) mass is 562 g/mol. The number of carbonyl (C=O) groups excluding carboxylic acids is 1. The molecule has 0 fully saturated rings. The highest BCUT2D eigenvalue weighted by Gasteiger charge is 2.03. The lowest BCUT2D eigenvalue weighted by molar-refractivity contribution is -0.285. The van der Waals surface area contributed by atoms with Crippen LogP contribution in [0, 0.1) is 0 Å². The molecular weight excluding hydrogens is 533 g/mol. The van der Waals surface area contributed by atoms with Gasteiger partial charge in [-0.15, -0.1) is 70.6 Å². The maximum absolute atomic E-state index is 11.7. The number of hydrogen-bond donors (Lipinski definition) is 1. The second kappa shape index (κ2) is 27.7. The van der Waals surface area contributed by atoms with Crippen LogP contribution in [0.4, 0.5) is 0 Å². The van der Waals surface area contributed by atoms with Crippen molar-refractivity contribution in [2.75, 3.05) is 79.6 Å². The second-order valence-corrected chi connectivity index (χ2v) is 15.9. The fourth-order valence-electron chi connectivity index (χ4n) is 1.26. The first-order valence-corrected chi connectivity index (χ1v) is 18.8. The summed E-state index contributed by atoms with van der Waals surface area (Å²) in [6, 6.07) is 0. The average Bonchev–Trinajstić information content (AvgIpc) is 2.70. The molecule has 0 aliphatic rings. The number of thioether (sulfide) groups is 9. The third kappa shape index (κ3) is 26.7. The smallest absolute Gasteiger partial charge is 0.199 e. The highest BCUT2D eigenvalue weighted by Crippen LogP contribution is 2.24. The minimum Gasteiger partial charge on any atom is -0.396 e. The Hall–Kier alpha value is 2.70. The maximum atomic E-state index is 11.7. The van der Waals surface area contributed by atoms with Crippen LogP contribution in [-0.2, 0) is 14.6 Å². The van der Waals surface area contributed by atoms with Gasteiger partial charge in [-0.3, -0.25) is 4.79 Å². The Balaban J connectivity index is 3.10. The molecule has 0 bridgehead atoms. The first-order valence-electron chi connectivity index (χ1n) is 8.35. The Morgan fingerprint density at radius 2 is 1.29 bits per heavy atom. The van der Waals surface area contributed by atoms with Crippen LogP contribution in [0.25, 0.3) is 0 Å². The summed E-state index contributed by atoms with van der Waals surface area (Å²) in [5.41, 5.74) is 0. The predicted molar refractivity (Wildman–Crippen MR) is 147 cm³/mol. The van der Waals surface area contributed by atoms with Crippen molar-refractivity contribution in [2.24, 2.45) is 0 Å². The molecule has 168 valence electrons. The molecule has 0 aromatic carbocycles.